The third-order valence-corrected chi connectivity index (χ3v) is 19.5. The minimum Gasteiger partial charge on any atom is -0.309 e. The maximum atomic E-state index is 2.52. The lowest BCUT2D eigenvalue weighted by atomic mass is 9.98. The summed E-state index contributed by atoms with van der Waals surface area (Å²) in [6, 6.07) is 101. The fourth-order valence-electron chi connectivity index (χ4n) is 11.9. The molecular formula is C66H45N3Si. The zero-order chi connectivity index (χ0) is 46.2. The molecular weight excluding hydrogens is 863 g/mol. The van der Waals surface area contributed by atoms with Gasteiger partial charge in [0.05, 0.1) is 38.8 Å². The molecule has 0 saturated carbocycles. The Hall–Kier alpha value is -8.96. The quantitative estimate of drug-likeness (QED) is 0.107. The van der Waals surface area contributed by atoms with Gasteiger partial charge in [-0.3, -0.25) is 0 Å². The molecule has 0 N–H and O–H groups in total. The second-order valence-corrected chi connectivity index (χ2v) is 22.2. The lowest BCUT2D eigenvalue weighted by Crippen LogP contribution is -2.74. The summed E-state index contributed by atoms with van der Waals surface area (Å²) in [6.45, 7) is 0. The number of nitrogens with zero attached hydrogens (tertiary/aromatic N) is 3. The van der Waals surface area contributed by atoms with Gasteiger partial charge < -0.3 is 13.7 Å². The fourth-order valence-corrected chi connectivity index (χ4v) is 16.7. The zero-order valence-corrected chi connectivity index (χ0v) is 39.3. The van der Waals surface area contributed by atoms with E-state index in [2.05, 4.69) is 287 Å². The molecule has 0 bridgehead atoms. The van der Waals surface area contributed by atoms with Crippen LogP contribution >= 0.6 is 0 Å². The van der Waals surface area contributed by atoms with Crippen LogP contribution in [0.2, 0.25) is 0 Å². The highest BCUT2D eigenvalue weighted by Crippen LogP contribution is 2.43. The van der Waals surface area contributed by atoms with Crippen molar-refractivity contribution in [1.29, 1.82) is 0 Å². The first kappa shape index (κ1) is 40.1. The van der Waals surface area contributed by atoms with E-state index in [-0.39, 0.29) is 0 Å². The van der Waals surface area contributed by atoms with E-state index >= 15 is 0 Å². The second-order valence-electron chi connectivity index (χ2n) is 18.4. The molecule has 4 heteroatoms. The van der Waals surface area contributed by atoms with Gasteiger partial charge in [-0.05, 0) is 98.6 Å². The molecule has 70 heavy (non-hydrogen) atoms. The predicted octanol–water partition coefficient (Wildman–Crippen LogP) is 14.0. The molecule has 0 radical (unpaired) electrons. The average Bonchev–Trinajstić information content (AvgIpc) is 4.08. The first-order chi connectivity index (χ1) is 34.8. The Labute approximate surface area is 407 Å². The Morgan fingerprint density at radius 2 is 0.671 bits per heavy atom. The van der Waals surface area contributed by atoms with Crippen molar-refractivity contribution in [2.24, 2.45) is 0 Å². The lowest BCUT2D eigenvalue weighted by molar-refractivity contribution is 1.17. The van der Waals surface area contributed by atoms with Crippen LogP contribution in [0, 0.1) is 0 Å². The normalized spacial score (nSPS) is 12.0. The van der Waals surface area contributed by atoms with Crippen LogP contribution in [0.5, 0.6) is 0 Å². The first-order valence-electron chi connectivity index (χ1n) is 24.2. The summed E-state index contributed by atoms with van der Waals surface area (Å²) in [5.41, 5.74) is 13.0. The van der Waals surface area contributed by atoms with Gasteiger partial charge in [0.15, 0.2) is 8.07 Å². The van der Waals surface area contributed by atoms with Gasteiger partial charge in [0, 0.05) is 43.7 Å². The number of rotatable bonds is 8. The minimum absolute atomic E-state index is 1.15. The van der Waals surface area contributed by atoms with E-state index in [9.17, 15) is 0 Å². The summed E-state index contributed by atoms with van der Waals surface area (Å²) in [6.07, 6.45) is 0. The van der Waals surface area contributed by atoms with Gasteiger partial charge in [-0.15, -0.1) is 0 Å². The summed E-state index contributed by atoms with van der Waals surface area (Å²) in [5.74, 6) is 0. The molecule has 0 amide bonds. The van der Waals surface area contributed by atoms with Gasteiger partial charge in [-0.1, -0.05) is 206 Å². The van der Waals surface area contributed by atoms with Crippen molar-refractivity contribution in [2.45, 2.75) is 0 Å². The molecule has 14 rings (SSSR count). The molecule has 0 aliphatic carbocycles. The number of fused-ring (bicyclic) bond motifs is 9. The van der Waals surface area contributed by atoms with Crippen LogP contribution in [0.1, 0.15) is 0 Å². The van der Waals surface area contributed by atoms with Crippen molar-refractivity contribution in [1.82, 2.24) is 13.7 Å². The molecule has 14 aromatic rings. The third kappa shape index (κ3) is 5.94. The molecule has 0 unspecified atom stereocenters. The molecule has 3 heterocycles. The van der Waals surface area contributed by atoms with Crippen LogP contribution in [0.3, 0.4) is 0 Å². The minimum atomic E-state index is -2.79. The molecule has 0 atom stereocenters. The highest BCUT2D eigenvalue weighted by Gasteiger charge is 2.41. The number of hydrogen-bond acceptors (Lipinski definition) is 0. The van der Waals surface area contributed by atoms with Crippen LogP contribution in [0.25, 0.3) is 93.6 Å². The molecule has 0 saturated heterocycles. The van der Waals surface area contributed by atoms with Gasteiger partial charge in [-0.25, -0.2) is 0 Å². The second kappa shape index (κ2) is 16.1. The van der Waals surface area contributed by atoms with Gasteiger partial charge in [0.25, 0.3) is 0 Å². The molecule has 328 valence electrons. The standard InChI is InChI=1S/C66H45N3Si/c1-5-22-47(23-6-1)67-58-36-16-13-32-54(58)55-43-42-46(44-64(55)67)53-35-20-39-61-65(53)56-33-14-18-38-60(56)69(61)63-41-21-40-62-66(63)57-34-15-17-37-59(57)68(62)48-24-19-31-52(45-48)70(49-25-7-2-8-26-49,50-27-9-3-10-28-50)51-29-11-4-12-30-51/h1-45H. The van der Waals surface area contributed by atoms with Crippen LogP contribution in [0.4, 0.5) is 0 Å². The van der Waals surface area contributed by atoms with E-state index in [1.807, 2.05) is 0 Å². The van der Waals surface area contributed by atoms with Gasteiger partial charge in [-0.2, -0.15) is 0 Å². The Morgan fingerprint density at radius 1 is 0.243 bits per heavy atom. The number of benzene rings is 11. The molecule has 11 aromatic carbocycles. The van der Waals surface area contributed by atoms with E-state index in [0.717, 1.165) is 17.1 Å². The Balaban J connectivity index is 1.00. The van der Waals surface area contributed by atoms with Crippen LogP contribution < -0.4 is 20.7 Å². The van der Waals surface area contributed by atoms with Crippen molar-refractivity contribution < 1.29 is 0 Å². The van der Waals surface area contributed by atoms with Crippen LogP contribution in [0.15, 0.2) is 273 Å². The maximum absolute atomic E-state index is 2.79. The van der Waals surface area contributed by atoms with Crippen molar-refractivity contribution >= 4 is 94.2 Å². The van der Waals surface area contributed by atoms with E-state index in [1.54, 1.807) is 0 Å². The SMILES string of the molecule is c1ccc(-n2c3ccccc3c3ccc(-c4cccc5c4c4ccccc4n5-c4cccc5c4c4ccccc4n5-c4cccc([Si](c5ccccc5)(c5ccccc5)c5ccccc5)c4)cc32)cc1. The predicted molar refractivity (Wildman–Crippen MR) is 299 cm³/mol. The van der Waals surface area contributed by atoms with E-state index in [1.165, 1.54) is 97.3 Å². The molecule has 3 nitrogen and oxygen atoms in total. The van der Waals surface area contributed by atoms with E-state index in [0.29, 0.717) is 0 Å². The first-order valence-corrected chi connectivity index (χ1v) is 26.2. The summed E-state index contributed by atoms with van der Waals surface area (Å²) < 4.78 is 7.43. The monoisotopic (exact) mass is 907 g/mol. The summed E-state index contributed by atoms with van der Waals surface area (Å²) in [7, 11) is -2.79. The molecule has 3 aromatic heterocycles. The lowest BCUT2D eigenvalue weighted by Gasteiger charge is -2.34. The topological polar surface area (TPSA) is 14.8 Å². The van der Waals surface area contributed by atoms with Gasteiger partial charge in [0.2, 0.25) is 0 Å². The fraction of sp³-hybridized carbons (Fsp3) is 0. The van der Waals surface area contributed by atoms with Gasteiger partial charge in [0.1, 0.15) is 0 Å². The van der Waals surface area contributed by atoms with Crippen molar-refractivity contribution in [2.75, 3.05) is 0 Å². The van der Waals surface area contributed by atoms with Crippen molar-refractivity contribution in [3.63, 3.8) is 0 Å². The van der Waals surface area contributed by atoms with E-state index < -0.39 is 8.07 Å². The number of aromatic nitrogens is 3. The largest absolute Gasteiger partial charge is 0.309 e. The zero-order valence-electron chi connectivity index (χ0n) is 38.3. The number of hydrogen-bond donors (Lipinski definition) is 0. The summed E-state index contributed by atoms with van der Waals surface area (Å²) in [4.78, 5) is 0. The van der Waals surface area contributed by atoms with Crippen LogP contribution in [-0.4, -0.2) is 21.8 Å². The van der Waals surface area contributed by atoms with Crippen LogP contribution in [-0.2, 0) is 0 Å². The van der Waals surface area contributed by atoms with E-state index in [4.69, 9.17) is 0 Å². The van der Waals surface area contributed by atoms with Crippen molar-refractivity contribution in [3.8, 4) is 28.2 Å². The molecule has 0 spiro atoms. The Morgan fingerprint density at radius 3 is 1.31 bits per heavy atom. The average molecular weight is 908 g/mol. The third-order valence-electron chi connectivity index (χ3n) is 14.8. The highest BCUT2D eigenvalue weighted by molar-refractivity contribution is 7.19. The maximum Gasteiger partial charge on any atom is 0.179 e. The Kier molecular flexibility index (Phi) is 9.23. The Bertz CT molecular complexity index is 4180. The molecule has 0 fully saturated rings. The molecule has 0 aliphatic rings. The summed E-state index contributed by atoms with van der Waals surface area (Å²) in [5, 5.41) is 12.8. The number of para-hydroxylation sites is 4. The van der Waals surface area contributed by atoms with Gasteiger partial charge >= 0.3 is 0 Å². The highest BCUT2D eigenvalue weighted by atomic mass is 28.3. The van der Waals surface area contributed by atoms with Crippen molar-refractivity contribution in [3.05, 3.63) is 273 Å². The summed E-state index contributed by atoms with van der Waals surface area (Å²) >= 11 is 0. The molecule has 0 aliphatic heterocycles. The smallest absolute Gasteiger partial charge is 0.179 e.